The molecule has 0 unspecified atom stereocenters. The number of halogens is 2. The summed E-state index contributed by atoms with van der Waals surface area (Å²) >= 11 is 0. The Morgan fingerprint density at radius 2 is 1.62 bits per heavy atom. The van der Waals surface area contributed by atoms with Crippen LogP contribution in [0.4, 0.5) is 8.78 Å². The monoisotopic (exact) mass is 298 g/mol. The summed E-state index contributed by atoms with van der Waals surface area (Å²) in [7, 11) is 4.01. The van der Waals surface area contributed by atoms with Gasteiger partial charge in [-0.25, -0.2) is 8.78 Å². The molecule has 5 heteroatoms. The minimum Gasteiger partial charge on any atom is -0.308 e. The second kappa shape index (κ2) is 8.85. The van der Waals surface area contributed by atoms with Gasteiger partial charge >= 0.3 is 0 Å². The first-order chi connectivity index (χ1) is 9.92. The molecule has 21 heavy (non-hydrogen) atoms. The molecule has 0 N–H and O–H groups in total. The molecule has 0 spiro atoms. The summed E-state index contributed by atoms with van der Waals surface area (Å²) in [5.41, 5.74) is 0.108. The highest BCUT2D eigenvalue weighted by Crippen LogP contribution is 2.10. The number of benzene rings is 1. The van der Waals surface area contributed by atoms with Crippen LogP contribution >= 0.6 is 0 Å². The smallest absolute Gasteiger partial charge is 0.164 e. The molecular weight excluding hydrogens is 274 g/mol. The van der Waals surface area contributed by atoms with Crippen LogP contribution in [0.3, 0.4) is 0 Å². The SMILES string of the molecule is CCCN(CCC(=O)c1cc(F)cc(F)c1)CCN(C)C. The normalized spacial score (nSPS) is 11.4. The van der Waals surface area contributed by atoms with Crippen LogP contribution in [0, 0.1) is 11.6 Å². The third-order valence-electron chi connectivity index (χ3n) is 3.24. The first kappa shape index (κ1) is 17.7. The van der Waals surface area contributed by atoms with Crippen molar-refractivity contribution in [2.24, 2.45) is 0 Å². The van der Waals surface area contributed by atoms with Gasteiger partial charge in [-0.1, -0.05) is 6.92 Å². The van der Waals surface area contributed by atoms with Crippen LogP contribution in [-0.4, -0.2) is 55.9 Å². The highest BCUT2D eigenvalue weighted by Gasteiger charge is 2.12. The van der Waals surface area contributed by atoms with Gasteiger partial charge < -0.3 is 9.80 Å². The van der Waals surface area contributed by atoms with Gasteiger partial charge in [-0.2, -0.15) is 0 Å². The van der Waals surface area contributed by atoms with Crippen molar-refractivity contribution in [2.45, 2.75) is 19.8 Å². The topological polar surface area (TPSA) is 23.6 Å². The van der Waals surface area contributed by atoms with Crippen LogP contribution in [0.25, 0.3) is 0 Å². The molecule has 118 valence electrons. The molecule has 1 aromatic carbocycles. The molecule has 0 aromatic heterocycles. The van der Waals surface area contributed by atoms with E-state index in [1.807, 2.05) is 14.1 Å². The summed E-state index contributed by atoms with van der Waals surface area (Å²) in [6, 6.07) is 2.96. The summed E-state index contributed by atoms with van der Waals surface area (Å²) in [4.78, 5) is 16.3. The van der Waals surface area contributed by atoms with Crippen molar-refractivity contribution >= 4 is 5.78 Å². The Balaban J connectivity index is 2.55. The Labute approximate surface area is 125 Å². The van der Waals surface area contributed by atoms with Gasteiger partial charge in [0.25, 0.3) is 0 Å². The largest absolute Gasteiger partial charge is 0.308 e. The molecule has 0 aliphatic heterocycles. The molecule has 0 aliphatic rings. The Kier molecular flexibility index (Phi) is 7.47. The number of carbonyl (C=O) groups is 1. The van der Waals surface area contributed by atoms with E-state index in [0.717, 1.165) is 44.3 Å². The van der Waals surface area contributed by atoms with Gasteiger partial charge in [-0.15, -0.1) is 0 Å². The lowest BCUT2D eigenvalue weighted by Gasteiger charge is -2.23. The third-order valence-corrected chi connectivity index (χ3v) is 3.24. The molecule has 1 rings (SSSR count). The molecule has 0 saturated carbocycles. The van der Waals surface area contributed by atoms with Crippen molar-refractivity contribution in [3.63, 3.8) is 0 Å². The summed E-state index contributed by atoms with van der Waals surface area (Å²) < 4.78 is 26.2. The second-order valence-corrected chi connectivity index (χ2v) is 5.48. The Hall–Kier alpha value is -1.33. The molecule has 3 nitrogen and oxygen atoms in total. The lowest BCUT2D eigenvalue weighted by molar-refractivity contribution is 0.0961. The maximum atomic E-state index is 13.1. The van der Waals surface area contributed by atoms with E-state index in [1.54, 1.807) is 0 Å². The highest BCUT2D eigenvalue weighted by atomic mass is 19.1. The molecule has 1 aromatic rings. The lowest BCUT2D eigenvalue weighted by atomic mass is 10.1. The van der Waals surface area contributed by atoms with Crippen molar-refractivity contribution in [1.29, 1.82) is 0 Å². The number of carbonyl (C=O) groups excluding carboxylic acids is 1. The van der Waals surface area contributed by atoms with E-state index >= 15 is 0 Å². The van der Waals surface area contributed by atoms with E-state index in [4.69, 9.17) is 0 Å². The summed E-state index contributed by atoms with van der Waals surface area (Å²) in [5, 5.41) is 0. The number of nitrogens with zero attached hydrogens (tertiary/aromatic N) is 2. The first-order valence-corrected chi connectivity index (χ1v) is 7.28. The van der Waals surface area contributed by atoms with Crippen molar-refractivity contribution < 1.29 is 13.6 Å². The predicted molar refractivity (Wildman–Crippen MR) is 80.6 cm³/mol. The predicted octanol–water partition coefficient (Wildman–Crippen LogP) is 2.81. The van der Waals surface area contributed by atoms with E-state index in [0.29, 0.717) is 6.54 Å². The van der Waals surface area contributed by atoms with Crippen LogP contribution < -0.4 is 0 Å². The fraction of sp³-hybridized carbons (Fsp3) is 0.562. The molecule has 0 bridgehead atoms. The Morgan fingerprint density at radius 3 is 2.14 bits per heavy atom. The number of hydrogen-bond acceptors (Lipinski definition) is 3. The lowest BCUT2D eigenvalue weighted by Crippen LogP contribution is -2.34. The van der Waals surface area contributed by atoms with Crippen molar-refractivity contribution in [3.05, 3.63) is 35.4 Å². The molecule has 0 saturated heterocycles. The van der Waals surface area contributed by atoms with Crippen LogP contribution in [0.5, 0.6) is 0 Å². The maximum absolute atomic E-state index is 13.1. The van der Waals surface area contributed by atoms with Crippen LogP contribution in [-0.2, 0) is 0 Å². The number of rotatable bonds is 9. The summed E-state index contributed by atoms with van der Waals surface area (Å²) in [6.45, 7) is 5.41. The van der Waals surface area contributed by atoms with E-state index in [2.05, 4.69) is 16.7 Å². The zero-order valence-electron chi connectivity index (χ0n) is 13.0. The molecule has 0 amide bonds. The maximum Gasteiger partial charge on any atom is 0.164 e. The highest BCUT2D eigenvalue weighted by molar-refractivity contribution is 5.96. The third kappa shape index (κ3) is 6.78. The molecule has 0 radical (unpaired) electrons. The summed E-state index contributed by atoms with van der Waals surface area (Å²) in [6.07, 6.45) is 1.28. The van der Waals surface area contributed by atoms with Gasteiger partial charge in [-0.3, -0.25) is 4.79 Å². The fourth-order valence-corrected chi connectivity index (χ4v) is 2.11. The van der Waals surface area contributed by atoms with Crippen molar-refractivity contribution in [2.75, 3.05) is 40.3 Å². The van der Waals surface area contributed by atoms with Crippen LogP contribution in [0.2, 0.25) is 0 Å². The Bertz CT molecular complexity index is 443. The minimum absolute atomic E-state index is 0.108. The standard InChI is InChI=1S/C16H24F2N2O/c1-4-6-20(9-8-19(2)3)7-5-16(21)13-10-14(17)12-15(18)11-13/h10-12H,4-9H2,1-3H3. The first-order valence-electron chi connectivity index (χ1n) is 7.28. The van der Waals surface area contributed by atoms with Crippen molar-refractivity contribution in [3.8, 4) is 0 Å². The van der Waals surface area contributed by atoms with E-state index < -0.39 is 11.6 Å². The van der Waals surface area contributed by atoms with Crippen molar-refractivity contribution in [1.82, 2.24) is 9.80 Å². The number of ketones is 1. The van der Waals surface area contributed by atoms with Crippen LogP contribution in [0.1, 0.15) is 30.1 Å². The average molecular weight is 298 g/mol. The number of Topliss-reactive ketones (excluding diaryl/α,β-unsaturated/α-hetero) is 1. The molecule has 0 atom stereocenters. The Morgan fingerprint density at radius 1 is 1.00 bits per heavy atom. The van der Waals surface area contributed by atoms with E-state index in [9.17, 15) is 13.6 Å². The van der Waals surface area contributed by atoms with Gasteiger partial charge in [0.1, 0.15) is 11.6 Å². The van der Waals surface area contributed by atoms with Gasteiger partial charge in [0.15, 0.2) is 5.78 Å². The molecule has 0 aliphatic carbocycles. The zero-order valence-corrected chi connectivity index (χ0v) is 13.0. The zero-order chi connectivity index (χ0) is 15.8. The van der Waals surface area contributed by atoms with Gasteiger partial charge in [0, 0.05) is 37.7 Å². The van der Waals surface area contributed by atoms with E-state index in [1.165, 1.54) is 0 Å². The molecule has 0 heterocycles. The van der Waals surface area contributed by atoms with Gasteiger partial charge in [0.2, 0.25) is 0 Å². The molecular formula is C16H24F2N2O. The minimum atomic E-state index is -0.712. The van der Waals surface area contributed by atoms with Gasteiger partial charge in [0.05, 0.1) is 0 Å². The fourth-order valence-electron chi connectivity index (χ4n) is 2.11. The van der Waals surface area contributed by atoms with Gasteiger partial charge in [-0.05, 0) is 39.2 Å². The number of hydrogen-bond donors (Lipinski definition) is 0. The van der Waals surface area contributed by atoms with Crippen LogP contribution in [0.15, 0.2) is 18.2 Å². The second-order valence-electron chi connectivity index (χ2n) is 5.48. The number of likely N-dealkylation sites (N-methyl/N-ethyl adjacent to an activating group) is 1. The average Bonchev–Trinajstić information content (AvgIpc) is 2.40. The quantitative estimate of drug-likeness (QED) is 0.655. The molecule has 0 fully saturated rings. The summed E-state index contributed by atoms with van der Waals surface area (Å²) in [5.74, 6) is -1.65. The van der Waals surface area contributed by atoms with E-state index in [-0.39, 0.29) is 17.8 Å².